The third-order valence-corrected chi connectivity index (χ3v) is 7.35. The van der Waals surface area contributed by atoms with Crippen molar-refractivity contribution in [2.24, 2.45) is 5.92 Å². The minimum absolute atomic E-state index is 0.0713. The van der Waals surface area contributed by atoms with Crippen LogP contribution in [0.5, 0.6) is 0 Å². The van der Waals surface area contributed by atoms with Crippen molar-refractivity contribution in [2.45, 2.75) is 89.3 Å². The molecule has 1 aromatic rings. The molecule has 3 rings (SSSR count). The summed E-state index contributed by atoms with van der Waals surface area (Å²) >= 11 is 0. The molecule has 2 heterocycles. The lowest BCUT2D eigenvalue weighted by atomic mass is 9.90. The summed E-state index contributed by atoms with van der Waals surface area (Å²) in [5.74, 6) is -2.70. The molecule has 12 heteroatoms. The Labute approximate surface area is 228 Å². The molecular weight excluding hydrogens is 504 g/mol. The van der Waals surface area contributed by atoms with Crippen LogP contribution in [0.25, 0.3) is 0 Å². The lowest BCUT2D eigenvalue weighted by Crippen LogP contribution is -2.58. The highest BCUT2D eigenvalue weighted by atomic mass is 16.2. The van der Waals surface area contributed by atoms with E-state index in [0.29, 0.717) is 32.2 Å². The molecule has 0 bridgehead atoms. The third-order valence-electron chi connectivity index (χ3n) is 7.35. The summed E-state index contributed by atoms with van der Waals surface area (Å²) in [4.78, 5) is 84.4. The van der Waals surface area contributed by atoms with Crippen molar-refractivity contribution in [2.75, 3.05) is 13.1 Å². The SMILES string of the molecule is CCCC(NC(=O)C1CCCN1C(=O)C(NC(=O)CNC(=O)c1cnccn1)C1CCCCCC1)C(=O)C=O. The van der Waals surface area contributed by atoms with Gasteiger partial charge in [0.2, 0.25) is 23.5 Å². The van der Waals surface area contributed by atoms with E-state index in [4.69, 9.17) is 0 Å². The first kappa shape index (κ1) is 29.9. The predicted octanol–water partition coefficient (Wildman–Crippen LogP) is 0.706. The predicted molar refractivity (Wildman–Crippen MR) is 140 cm³/mol. The van der Waals surface area contributed by atoms with Crippen LogP contribution in [0.4, 0.5) is 0 Å². The van der Waals surface area contributed by atoms with Crippen LogP contribution in [0, 0.1) is 5.92 Å². The zero-order chi connectivity index (χ0) is 28.2. The summed E-state index contributed by atoms with van der Waals surface area (Å²) in [6.07, 6.45) is 11.8. The van der Waals surface area contributed by atoms with Crippen molar-refractivity contribution >= 4 is 35.7 Å². The molecule has 3 unspecified atom stereocenters. The maximum Gasteiger partial charge on any atom is 0.271 e. The Kier molecular flexibility index (Phi) is 11.5. The number of ketones is 1. The summed E-state index contributed by atoms with van der Waals surface area (Å²) in [6.45, 7) is 1.85. The van der Waals surface area contributed by atoms with Gasteiger partial charge in [-0.2, -0.15) is 0 Å². The number of rotatable bonds is 12. The largest absolute Gasteiger partial charge is 0.344 e. The molecule has 39 heavy (non-hydrogen) atoms. The molecule has 2 aliphatic rings. The number of hydrogen-bond acceptors (Lipinski definition) is 8. The monoisotopic (exact) mass is 542 g/mol. The van der Waals surface area contributed by atoms with E-state index in [1.54, 1.807) is 0 Å². The topological polar surface area (TPSA) is 168 Å². The second-order valence-electron chi connectivity index (χ2n) is 10.1. The van der Waals surface area contributed by atoms with Crippen LogP contribution in [0.15, 0.2) is 18.6 Å². The first-order valence-electron chi connectivity index (χ1n) is 13.8. The van der Waals surface area contributed by atoms with Crippen molar-refractivity contribution in [3.05, 3.63) is 24.3 Å². The van der Waals surface area contributed by atoms with E-state index in [-0.39, 0.29) is 30.3 Å². The van der Waals surface area contributed by atoms with Crippen molar-refractivity contribution < 1.29 is 28.8 Å². The average molecular weight is 543 g/mol. The van der Waals surface area contributed by atoms with Gasteiger partial charge in [0.25, 0.3) is 5.91 Å². The number of carbonyl (C=O) groups is 6. The number of carbonyl (C=O) groups excluding carboxylic acids is 6. The average Bonchev–Trinajstić information content (AvgIpc) is 3.30. The molecule has 1 aromatic heterocycles. The highest BCUT2D eigenvalue weighted by molar-refractivity contribution is 6.28. The zero-order valence-corrected chi connectivity index (χ0v) is 22.4. The first-order chi connectivity index (χ1) is 18.8. The number of aromatic nitrogens is 2. The van der Waals surface area contributed by atoms with Crippen LogP contribution in [0.2, 0.25) is 0 Å². The molecule has 0 aromatic carbocycles. The van der Waals surface area contributed by atoms with Crippen LogP contribution < -0.4 is 16.0 Å². The molecule has 212 valence electrons. The molecule has 1 saturated carbocycles. The summed E-state index contributed by atoms with van der Waals surface area (Å²) in [5, 5.41) is 7.99. The Hall–Kier alpha value is -3.70. The molecule has 12 nitrogen and oxygen atoms in total. The molecule has 1 aliphatic heterocycles. The van der Waals surface area contributed by atoms with Crippen molar-refractivity contribution in [3.8, 4) is 0 Å². The quantitative estimate of drug-likeness (QED) is 0.197. The molecule has 2 fully saturated rings. The van der Waals surface area contributed by atoms with Gasteiger partial charge in [0.05, 0.1) is 18.8 Å². The number of aldehydes is 1. The highest BCUT2D eigenvalue weighted by Gasteiger charge is 2.41. The Morgan fingerprint density at radius 1 is 1.03 bits per heavy atom. The van der Waals surface area contributed by atoms with Gasteiger partial charge in [0, 0.05) is 18.9 Å². The fourth-order valence-corrected chi connectivity index (χ4v) is 5.32. The van der Waals surface area contributed by atoms with Crippen LogP contribution in [-0.2, 0) is 24.0 Å². The van der Waals surface area contributed by atoms with E-state index in [0.717, 1.165) is 38.5 Å². The van der Waals surface area contributed by atoms with Gasteiger partial charge in [-0.05, 0) is 38.0 Å². The first-order valence-corrected chi connectivity index (χ1v) is 13.8. The highest BCUT2D eigenvalue weighted by Crippen LogP contribution is 2.28. The molecular formula is C27H38N6O6. The van der Waals surface area contributed by atoms with Gasteiger partial charge in [-0.25, -0.2) is 4.98 Å². The maximum atomic E-state index is 13.9. The Bertz CT molecular complexity index is 1030. The summed E-state index contributed by atoms with van der Waals surface area (Å²) in [6, 6.07) is -2.56. The standard InChI is InChI=1S/C27H38N6O6/c1-2-8-19(22(35)17-34)31-26(38)21-11-7-14-33(21)27(39)24(18-9-5-3-4-6-10-18)32-23(36)16-30-25(37)20-15-28-12-13-29-20/h12-13,15,17-19,21,24H,2-11,14,16H2,1H3,(H,30,37)(H,31,38)(H,32,36). The van der Waals surface area contributed by atoms with Gasteiger partial charge in [0.15, 0.2) is 6.29 Å². The van der Waals surface area contributed by atoms with E-state index in [2.05, 4.69) is 25.9 Å². The second kappa shape index (κ2) is 15.0. The normalized spacial score (nSPS) is 19.3. The van der Waals surface area contributed by atoms with Crippen LogP contribution in [-0.4, -0.2) is 81.8 Å². The van der Waals surface area contributed by atoms with E-state index < -0.39 is 41.6 Å². The number of nitrogens with one attached hydrogen (secondary N) is 3. The van der Waals surface area contributed by atoms with Crippen molar-refractivity contribution in [1.29, 1.82) is 0 Å². The van der Waals surface area contributed by atoms with Gasteiger partial charge < -0.3 is 20.9 Å². The summed E-state index contributed by atoms with van der Waals surface area (Å²) < 4.78 is 0. The van der Waals surface area contributed by atoms with Gasteiger partial charge in [-0.1, -0.05) is 39.0 Å². The van der Waals surface area contributed by atoms with Gasteiger partial charge >= 0.3 is 0 Å². The number of nitrogens with zero attached hydrogens (tertiary/aromatic N) is 3. The molecule has 0 spiro atoms. The summed E-state index contributed by atoms with van der Waals surface area (Å²) in [7, 11) is 0. The number of amides is 4. The van der Waals surface area contributed by atoms with E-state index in [1.807, 2.05) is 6.92 Å². The summed E-state index contributed by atoms with van der Waals surface area (Å²) in [5.41, 5.74) is 0.0713. The lowest BCUT2D eigenvalue weighted by Gasteiger charge is -2.33. The molecule has 0 radical (unpaired) electrons. The van der Waals surface area contributed by atoms with Crippen LogP contribution in [0.1, 0.15) is 81.6 Å². The van der Waals surface area contributed by atoms with Crippen molar-refractivity contribution in [3.63, 3.8) is 0 Å². The maximum absolute atomic E-state index is 13.9. The molecule has 1 saturated heterocycles. The van der Waals surface area contributed by atoms with Gasteiger partial charge in [0.1, 0.15) is 17.8 Å². The fourth-order valence-electron chi connectivity index (χ4n) is 5.32. The Morgan fingerprint density at radius 2 is 1.77 bits per heavy atom. The number of hydrogen-bond donors (Lipinski definition) is 3. The van der Waals surface area contributed by atoms with Gasteiger partial charge in [-0.15, -0.1) is 0 Å². The fraction of sp³-hybridized carbons (Fsp3) is 0.630. The number of likely N-dealkylation sites (tertiary alicyclic amines) is 1. The smallest absolute Gasteiger partial charge is 0.271 e. The minimum atomic E-state index is -0.923. The molecule has 1 aliphatic carbocycles. The van der Waals surface area contributed by atoms with Crippen LogP contribution >= 0.6 is 0 Å². The zero-order valence-electron chi connectivity index (χ0n) is 22.4. The van der Waals surface area contributed by atoms with E-state index in [9.17, 15) is 28.8 Å². The Balaban J connectivity index is 1.71. The molecule has 4 amide bonds. The Morgan fingerprint density at radius 3 is 2.41 bits per heavy atom. The lowest BCUT2D eigenvalue weighted by molar-refractivity contribution is -0.143. The molecule has 3 N–H and O–H groups in total. The molecule has 3 atom stereocenters. The van der Waals surface area contributed by atoms with E-state index >= 15 is 0 Å². The van der Waals surface area contributed by atoms with Crippen molar-refractivity contribution in [1.82, 2.24) is 30.8 Å². The van der Waals surface area contributed by atoms with E-state index in [1.165, 1.54) is 23.5 Å². The number of Topliss-reactive ketones (excluding diaryl/α,β-unsaturated/α-hetero) is 1. The second-order valence-corrected chi connectivity index (χ2v) is 10.1. The minimum Gasteiger partial charge on any atom is -0.344 e. The third kappa shape index (κ3) is 8.39. The van der Waals surface area contributed by atoms with Gasteiger partial charge in [-0.3, -0.25) is 33.8 Å². The van der Waals surface area contributed by atoms with Crippen LogP contribution in [0.3, 0.4) is 0 Å².